The standard InChI is InChI=1S/C17H20Cl2N2/c18-10-12-3-1-2-4-13(12)11-21-16-7-8-20-17-9-14(19)5-6-15(16)17/h5-9,12-13H,1-4,10-11H2,(H,20,21). The molecular formula is C17H20Cl2N2. The van der Waals surface area contributed by atoms with Gasteiger partial charge in [-0.1, -0.05) is 24.4 Å². The molecule has 0 saturated heterocycles. The normalized spacial score (nSPS) is 22.4. The summed E-state index contributed by atoms with van der Waals surface area (Å²) in [7, 11) is 0. The zero-order valence-electron chi connectivity index (χ0n) is 12.0. The molecule has 2 aromatic rings. The topological polar surface area (TPSA) is 24.9 Å². The Morgan fingerprint density at radius 2 is 1.95 bits per heavy atom. The van der Waals surface area contributed by atoms with E-state index < -0.39 is 0 Å². The second kappa shape index (κ2) is 6.85. The van der Waals surface area contributed by atoms with E-state index in [0.717, 1.165) is 34.0 Å². The lowest BCUT2D eigenvalue weighted by molar-refractivity contribution is 0.272. The van der Waals surface area contributed by atoms with Crippen LogP contribution in [0.25, 0.3) is 10.9 Å². The second-order valence-corrected chi connectivity index (χ2v) is 6.60. The molecule has 1 aliphatic carbocycles. The van der Waals surface area contributed by atoms with Gasteiger partial charge in [-0.25, -0.2) is 0 Å². The molecule has 0 amide bonds. The zero-order chi connectivity index (χ0) is 14.7. The molecule has 21 heavy (non-hydrogen) atoms. The van der Waals surface area contributed by atoms with Crippen molar-refractivity contribution in [1.29, 1.82) is 0 Å². The van der Waals surface area contributed by atoms with Gasteiger partial charge in [-0.3, -0.25) is 4.98 Å². The van der Waals surface area contributed by atoms with E-state index in [1.54, 1.807) is 0 Å². The first-order valence-corrected chi connectivity index (χ1v) is 8.53. The Kier molecular flexibility index (Phi) is 4.87. The Balaban J connectivity index is 1.75. The summed E-state index contributed by atoms with van der Waals surface area (Å²) >= 11 is 12.1. The average molecular weight is 323 g/mol. The monoisotopic (exact) mass is 322 g/mol. The summed E-state index contributed by atoms with van der Waals surface area (Å²) in [4.78, 5) is 4.38. The van der Waals surface area contributed by atoms with Crippen molar-refractivity contribution in [1.82, 2.24) is 4.98 Å². The third-order valence-corrected chi connectivity index (χ3v) is 5.16. The highest BCUT2D eigenvalue weighted by atomic mass is 35.5. The number of rotatable bonds is 4. The van der Waals surface area contributed by atoms with E-state index in [4.69, 9.17) is 23.2 Å². The maximum atomic E-state index is 6.12. The van der Waals surface area contributed by atoms with Crippen LogP contribution in [0.2, 0.25) is 5.02 Å². The number of aromatic nitrogens is 1. The number of fused-ring (bicyclic) bond motifs is 1. The van der Waals surface area contributed by atoms with Crippen LogP contribution in [0.1, 0.15) is 25.7 Å². The number of nitrogens with one attached hydrogen (secondary N) is 1. The molecule has 0 aliphatic heterocycles. The van der Waals surface area contributed by atoms with Crippen LogP contribution in [0.5, 0.6) is 0 Å². The predicted molar refractivity (Wildman–Crippen MR) is 91.4 cm³/mol. The Morgan fingerprint density at radius 1 is 1.14 bits per heavy atom. The first kappa shape index (κ1) is 14.9. The van der Waals surface area contributed by atoms with Crippen molar-refractivity contribution in [2.45, 2.75) is 25.7 Å². The first-order chi connectivity index (χ1) is 10.3. The predicted octanol–water partition coefficient (Wildman–Crippen LogP) is 5.35. The molecule has 0 spiro atoms. The van der Waals surface area contributed by atoms with Gasteiger partial charge >= 0.3 is 0 Å². The van der Waals surface area contributed by atoms with Crippen LogP contribution >= 0.6 is 23.2 Å². The van der Waals surface area contributed by atoms with E-state index in [-0.39, 0.29) is 0 Å². The van der Waals surface area contributed by atoms with Crippen LogP contribution in [-0.4, -0.2) is 17.4 Å². The summed E-state index contributed by atoms with van der Waals surface area (Å²) in [6, 6.07) is 7.89. The van der Waals surface area contributed by atoms with E-state index in [1.165, 1.54) is 25.7 Å². The van der Waals surface area contributed by atoms with Crippen LogP contribution in [0.4, 0.5) is 5.69 Å². The smallest absolute Gasteiger partial charge is 0.0737 e. The maximum absolute atomic E-state index is 6.12. The minimum atomic E-state index is 0.649. The van der Waals surface area contributed by atoms with Gasteiger partial charge in [-0.2, -0.15) is 0 Å². The van der Waals surface area contributed by atoms with Crippen LogP contribution in [0.15, 0.2) is 30.5 Å². The van der Waals surface area contributed by atoms with Crippen molar-refractivity contribution in [2.75, 3.05) is 17.7 Å². The molecule has 1 N–H and O–H groups in total. The zero-order valence-corrected chi connectivity index (χ0v) is 13.5. The van der Waals surface area contributed by atoms with Crippen LogP contribution in [-0.2, 0) is 0 Å². The summed E-state index contributed by atoms with van der Waals surface area (Å²) in [6.07, 6.45) is 7.03. The van der Waals surface area contributed by atoms with Crippen LogP contribution < -0.4 is 5.32 Å². The Hall–Kier alpha value is -0.990. The minimum absolute atomic E-state index is 0.649. The van der Waals surface area contributed by atoms with Crippen molar-refractivity contribution in [3.63, 3.8) is 0 Å². The number of anilines is 1. The molecule has 0 bridgehead atoms. The molecule has 1 aliphatic rings. The highest BCUT2D eigenvalue weighted by molar-refractivity contribution is 6.31. The Labute approximate surface area is 135 Å². The summed E-state index contributed by atoms with van der Waals surface area (Å²) in [5, 5.41) is 5.45. The lowest BCUT2D eigenvalue weighted by Gasteiger charge is -2.30. The molecule has 0 radical (unpaired) electrons. The summed E-state index contributed by atoms with van der Waals surface area (Å²) in [5.41, 5.74) is 2.07. The van der Waals surface area contributed by atoms with Crippen LogP contribution in [0.3, 0.4) is 0 Å². The fraction of sp³-hybridized carbons (Fsp3) is 0.471. The molecule has 2 unspecified atom stereocenters. The molecule has 1 aromatic heterocycles. The van der Waals surface area contributed by atoms with Gasteiger partial charge in [0.1, 0.15) is 0 Å². The van der Waals surface area contributed by atoms with E-state index >= 15 is 0 Å². The molecule has 1 heterocycles. The summed E-state index contributed by atoms with van der Waals surface area (Å²) in [6.45, 7) is 0.985. The van der Waals surface area contributed by atoms with Crippen molar-refractivity contribution >= 4 is 39.8 Å². The minimum Gasteiger partial charge on any atom is -0.384 e. The highest BCUT2D eigenvalue weighted by Gasteiger charge is 2.24. The van der Waals surface area contributed by atoms with Gasteiger partial charge in [0.2, 0.25) is 0 Å². The van der Waals surface area contributed by atoms with Crippen molar-refractivity contribution in [3.05, 3.63) is 35.5 Å². The van der Waals surface area contributed by atoms with Gasteiger partial charge in [0.05, 0.1) is 5.52 Å². The largest absolute Gasteiger partial charge is 0.384 e. The lowest BCUT2D eigenvalue weighted by atomic mass is 9.80. The number of benzene rings is 1. The lowest BCUT2D eigenvalue weighted by Crippen LogP contribution is -2.27. The fourth-order valence-electron chi connectivity index (χ4n) is 3.27. The highest BCUT2D eigenvalue weighted by Crippen LogP contribution is 2.32. The molecule has 1 fully saturated rings. The van der Waals surface area contributed by atoms with Crippen LogP contribution in [0, 0.1) is 11.8 Å². The molecule has 3 rings (SSSR count). The van der Waals surface area contributed by atoms with E-state index in [9.17, 15) is 0 Å². The van der Waals surface area contributed by atoms with Gasteiger partial charge in [-0.05, 0) is 48.9 Å². The first-order valence-electron chi connectivity index (χ1n) is 7.62. The van der Waals surface area contributed by atoms with E-state index in [2.05, 4.69) is 10.3 Å². The molecule has 2 atom stereocenters. The van der Waals surface area contributed by atoms with E-state index in [1.807, 2.05) is 30.5 Å². The second-order valence-electron chi connectivity index (χ2n) is 5.86. The third-order valence-electron chi connectivity index (χ3n) is 4.52. The fourth-order valence-corrected chi connectivity index (χ4v) is 3.85. The number of pyridine rings is 1. The molecule has 2 nitrogen and oxygen atoms in total. The summed E-state index contributed by atoms with van der Waals surface area (Å²) in [5.74, 6) is 2.10. The maximum Gasteiger partial charge on any atom is 0.0737 e. The average Bonchev–Trinajstić information content (AvgIpc) is 2.52. The summed E-state index contributed by atoms with van der Waals surface area (Å²) < 4.78 is 0. The number of halogens is 2. The molecule has 112 valence electrons. The Morgan fingerprint density at radius 3 is 2.76 bits per heavy atom. The number of alkyl halides is 1. The van der Waals surface area contributed by atoms with Gasteiger partial charge in [0, 0.05) is 34.7 Å². The molecular weight excluding hydrogens is 303 g/mol. The van der Waals surface area contributed by atoms with Crippen molar-refractivity contribution in [2.24, 2.45) is 11.8 Å². The number of hydrogen-bond donors (Lipinski definition) is 1. The third kappa shape index (κ3) is 3.44. The van der Waals surface area contributed by atoms with Crippen molar-refractivity contribution in [3.8, 4) is 0 Å². The van der Waals surface area contributed by atoms with E-state index in [0.29, 0.717) is 11.8 Å². The number of nitrogens with zero attached hydrogens (tertiary/aromatic N) is 1. The molecule has 4 heteroatoms. The van der Waals surface area contributed by atoms with Crippen molar-refractivity contribution < 1.29 is 0 Å². The van der Waals surface area contributed by atoms with Gasteiger partial charge < -0.3 is 5.32 Å². The quantitative estimate of drug-likeness (QED) is 0.768. The molecule has 1 saturated carbocycles. The number of hydrogen-bond acceptors (Lipinski definition) is 2. The van der Waals surface area contributed by atoms with Gasteiger partial charge in [-0.15, -0.1) is 11.6 Å². The van der Waals surface area contributed by atoms with Gasteiger partial charge in [0.25, 0.3) is 0 Å². The van der Waals surface area contributed by atoms with Gasteiger partial charge in [0.15, 0.2) is 0 Å². The SMILES string of the molecule is ClCC1CCCCC1CNc1ccnc2cc(Cl)ccc12. The Bertz CT molecular complexity index is 615. The molecule has 1 aromatic carbocycles.